The summed E-state index contributed by atoms with van der Waals surface area (Å²) >= 11 is 0. The number of hydrogen-bond acceptors (Lipinski definition) is 5. The minimum absolute atomic E-state index is 0.0781. The average molecular weight is 348 g/mol. The number of carbonyl (C=O) groups is 2. The van der Waals surface area contributed by atoms with Crippen molar-refractivity contribution in [2.45, 2.75) is 71.7 Å². The third-order valence-corrected chi connectivity index (χ3v) is 7.86. The number of rotatable bonds is 0. The molecule has 2 saturated carbocycles. The summed E-state index contributed by atoms with van der Waals surface area (Å²) in [5.74, 6) is -1.13. The van der Waals surface area contributed by atoms with Crippen LogP contribution >= 0.6 is 0 Å². The maximum absolute atomic E-state index is 13.2. The fourth-order valence-corrected chi connectivity index (χ4v) is 6.57. The molecule has 4 aliphatic carbocycles. The van der Waals surface area contributed by atoms with Crippen LogP contribution in [0, 0.1) is 28.1 Å². The van der Waals surface area contributed by atoms with Crippen molar-refractivity contribution in [2.75, 3.05) is 0 Å². The molecule has 4 rings (SSSR count). The molecule has 4 aliphatic rings. The molecule has 0 amide bonds. The zero-order chi connectivity index (χ0) is 18.5. The van der Waals surface area contributed by atoms with E-state index >= 15 is 0 Å². The van der Waals surface area contributed by atoms with Gasteiger partial charge in [-0.05, 0) is 30.6 Å². The molecule has 138 valence electrons. The number of carbonyl (C=O) groups excluding carboxylic acids is 2. The van der Waals surface area contributed by atoms with Gasteiger partial charge in [-0.25, -0.2) is 0 Å². The normalized spacial score (nSPS) is 51.4. The summed E-state index contributed by atoms with van der Waals surface area (Å²) in [6.07, 6.45) is -0.818. The van der Waals surface area contributed by atoms with Gasteiger partial charge >= 0.3 is 0 Å². The molecule has 5 nitrogen and oxygen atoms in total. The highest BCUT2D eigenvalue weighted by Crippen LogP contribution is 2.66. The van der Waals surface area contributed by atoms with Crippen LogP contribution in [0.1, 0.15) is 53.4 Å². The SMILES string of the molecule is CC1CC12C(=O)C1=C(C(=O)C2O)C2(C)CCCC(C)(C)C2C(O)C1O. The molecule has 3 N–H and O–H groups in total. The summed E-state index contributed by atoms with van der Waals surface area (Å²) in [6, 6.07) is 0. The minimum Gasteiger partial charge on any atom is -0.390 e. The molecule has 0 radical (unpaired) electrons. The lowest BCUT2D eigenvalue weighted by Crippen LogP contribution is -2.62. The molecular formula is C20H28O5. The topological polar surface area (TPSA) is 94.8 Å². The maximum atomic E-state index is 13.2. The van der Waals surface area contributed by atoms with Crippen LogP contribution in [0.2, 0.25) is 0 Å². The Kier molecular flexibility index (Phi) is 3.35. The van der Waals surface area contributed by atoms with Gasteiger partial charge in [0.25, 0.3) is 0 Å². The lowest BCUT2D eigenvalue weighted by atomic mass is 9.46. The van der Waals surface area contributed by atoms with Crippen LogP contribution in [-0.2, 0) is 9.59 Å². The van der Waals surface area contributed by atoms with E-state index in [1.165, 1.54) is 0 Å². The zero-order valence-corrected chi connectivity index (χ0v) is 15.4. The predicted octanol–water partition coefficient (Wildman–Crippen LogP) is 1.39. The molecule has 0 bridgehead atoms. The van der Waals surface area contributed by atoms with Crippen molar-refractivity contribution in [1.29, 1.82) is 0 Å². The van der Waals surface area contributed by atoms with E-state index in [1.54, 1.807) is 0 Å². The summed E-state index contributed by atoms with van der Waals surface area (Å²) in [6.45, 7) is 7.87. The molecule has 2 fully saturated rings. The molecule has 7 unspecified atom stereocenters. The Hall–Kier alpha value is -1.04. The van der Waals surface area contributed by atoms with E-state index in [0.29, 0.717) is 18.4 Å². The summed E-state index contributed by atoms with van der Waals surface area (Å²) < 4.78 is 0. The Bertz CT molecular complexity index is 707. The molecular weight excluding hydrogens is 320 g/mol. The third-order valence-electron chi connectivity index (χ3n) is 7.86. The first-order valence-electron chi connectivity index (χ1n) is 9.38. The van der Waals surface area contributed by atoms with Gasteiger partial charge in [-0.2, -0.15) is 0 Å². The lowest BCUT2D eigenvalue weighted by Gasteiger charge is -2.58. The van der Waals surface area contributed by atoms with Crippen LogP contribution in [0.5, 0.6) is 0 Å². The van der Waals surface area contributed by atoms with Crippen LogP contribution in [-0.4, -0.2) is 45.2 Å². The summed E-state index contributed by atoms with van der Waals surface area (Å²) in [5, 5.41) is 32.4. The Morgan fingerprint density at radius 2 is 1.64 bits per heavy atom. The van der Waals surface area contributed by atoms with Crippen LogP contribution in [0.15, 0.2) is 11.1 Å². The maximum Gasteiger partial charge on any atom is 0.189 e. The Morgan fingerprint density at radius 3 is 2.20 bits per heavy atom. The van der Waals surface area contributed by atoms with E-state index in [2.05, 4.69) is 0 Å². The average Bonchev–Trinajstić information content (AvgIpc) is 3.18. The number of fused-ring (bicyclic) bond motifs is 2. The van der Waals surface area contributed by atoms with Gasteiger partial charge in [-0.15, -0.1) is 0 Å². The monoisotopic (exact) mass is 348 g/mol. The fourth-order valence-electron chi connectivity index (χ4n) is 6.57. The zero-order valence-electron chi connectivity index (χ0n) is 15.4. The van der Waals surface area contributed by atoms with Gasteiger partial charge in [-0.1, -0.05) is 34.1 Å². The van der Waals surface area contributed by atoms with Gasteiger partial charge in [-0.3, -0.25) is 9.59 Å². The van der Waals surface area contributed by atoms with Gasteiger partial charge in [0.05, 0.1) is 11.5 Å². The van der Waals surface area contributed by atoms with E-state index in [0.717, 1.165) is 12.8 Å². The van der Waals surface area contributed by atoms with Crippen molar-refractivity contribution >= 4 is 11.6 Å². The highest BCUT2D eigenvalue weighted by molar-refractivity contribution is 6.19. The number of ketones is 2. The second-order valence-electron chi connectivity index (χ2n) is 9.70. The molecule has 5 heteroatoms. The van der Waals surface area contributed by atoms with Gasteiger partial charge < -0.3 is 15.3 Å². The molecule has 0 aliphatic heterocycles. The fraction of sp³-hybridized carbons (Fsp3) is 0.800. The van der Waals surface area contributed by atoms with Crippen molar-refractivity contribution in [1.82, 2.24) is 0 Å². The van der Waals surface area contributed by atoms with Crippen molar-refractivity contribution in [3.8, 4) is 0 Å². The largest absolute Gasteiger partial charge is 0.390 e. The van der Waals surface area contributed by atoms with Crippen molar-refractivity contribution in [3.63, 3.8) is 0 Å². The molecule has 1 spiro atoms. The molecule has 0 heterocycles. The Balaban J connectivity index is 1.96. The molecule has 0 aromatic heterocycles. The van der Waals surface area contributed by atoms with E-state index in [1.807, 2.05) is 27.7 Å². The number of hydrogen-bond donors (Lipinski definition) is 3. The van der Waals surface area contributed by atoms with Crippen LogP contribution < -0.4 is 0 Å². The molecule has 0 saturated heterocycles. The van der Waals surface area contributed by atoms with Crippen molar-refractivity contribution in [3.05, 3.63) is 11.1 Å². The van der Waals surface area contributed by atoms with Gasteiger partial charge in [0.15, 0.2) is 11.6 Å². The molecule has 7 atom stereocenters. The van der Waals surface area contributed by atoms with E-state index in [-0.39, 0.29) is 28.6 Å². The Morgan fingerprint density at radius 1 is 1.04 bits per heavy atom. The Labute approximate surface area is 148 Å². The van der Waals surface area contributed by atoms with Crippen molar-refractivity contribution < 1.29 is 24.9 Å². The first-order chi connectivity index (χ1) is 11.5. The van der Waals surface area contributed by atoms with Gasteiger partial charge in [0, 0.05) is 22.5 Å². The van der Waals surface area contributed by atoms with E-state index in [9.17, 15) is 24.9 Å². The summed E-state index contributed by atoms with van der Waals surface area (Å²) in [5.41, 5.74) is -1.65. The van der Waals surface area contributed by atoms with E-state index < -0.39 is 34.9 Å². The van der Waals surface area contributed by atoms with Crippen LogP contribution in [0.25, 0.3) is 0 Å². The first kappa shape index (κ1) is 17.4. The number of aliphatic hydroxyl groups excluding tert-OH is 3. The third kappa shape index (κ3) is 1.84. The second-order valence-corrected chi connectivity index (χ2v) is 9.70. The quantitative estimate of drug-likeness (QED) is 0.615. The molecule has 0 aromatic carbocycles. The molecule has 0 aromatic rings. The highest BCUT2D eigenvalue weighted by atomic mass is 16.3. The van der Waals surface area contributed by atoms with Gasteiger partial charge in [0.1, 0.15) is 12.2 Å². The second kappa shape index (κ2) is 4.81. The summed E-state index contributed by atoms with van der Waals surface area (Å²) in [7, 11) is 0. The summed E-state index contributed by atoms with van der Waals surface area (Å²) in [4.78, 5) is 26.4. The van der Waals surface area contributed by atoms with E-state index in [4.69, 9.17) is 0 Å². The predicted molar refractivity (Wildman–Crippen MR) is 90.5 cm³/mol. The van der Waals surface area contributed by atoms with Crippen LogP contribution in [0.3, 0.4) is 0 Å². The smallest absolute Gasteiger partial charge is 0.189 e. The van der Waals surface area contributed by atoms with Crippen molar-refractivity contribution in [2.24, 2.45) is 28.1 Å². The van der Waals surface area contributed by atoms with Gasteiger partial charge in [0.2, 0.25) is 0 Å². The standard InChI is InChI=1S/C20H28O5/c1-9-8-20(9)16(24)10-11(13(22)17(20)25)19(4)7-5-6-18(2,3)15(19)14(23)12(10)21/h9,12,14-15,17,21,23,25H,5-8H2,1-4H3. The van der Waals surface area contributed by atoms with Crippen LogP contribution in [0.4, 0.5) is 0 Å². The minimum atomic E-state index is -1.35. The first-order valence-corrected chi connectivity index (χ1v) is 9.38. The number of aliphatic hydroxyl groups is 3. The highest BCUT2D eigenvalue weighted by Gasteiger charge is 2.71. The lowest BCUT2D eigenvalue weighted by molar-refractivity contribution is -0.153. The number of Topliss-reactive ketones (excluding diaryl/α,β-unsaturated/α-hetero) is 2. The molecule has 25 heavy (non-hydrogen) atoms.